The number of halogens is 1. The number of hydrogen-bond acceptors (Lipinski definition) is 4. The molecule has 0 radical (unpaired) electrons. The fourth-order valence-electron chi connectivity index (χ4n) is 1.46. The van der Waals surface area contributed by atoms with E-state index in [1.54, 1.807) is 25.3 Å². The van der Waals surface area contributed by atoms with Crippen LogP contribution >= 0.6 is 11.6 Å². The van der Waals surface area contributed by atoms with Gasteiger partial charge in [0, 0.05) is 11.2 Å². The van der Waals surface area contributed by atoms with Gasteiger partial charge in [0.15, 0.2) is 0 Å². The topological polar surface area (TPSA) is 55.2 Å². The molecule has 0 amide bonds. The molecule has 0 fully saturated rings. The Hall–Kier alpha value is -1.65. The molecule has 0 saturated carbocycles. The number of ether oxygens (including phenoxy) is 1. The molecule has 4 nitrogen and oxygen atoms in total. The van der Waals surface area contributed by atoms with Crippen LogP contribution in [0.4, 0.5) is 0 Å². The first kappa shape index (κ1) is 12.8. The molecule has 2 rings (SSSR count). The summed E-state index contributed by atoms with van der Waals surface area (Å²) in [6, 6.07) is 5.38. The Morgan fingerprint density at radius 1 is 1.33 bits per heavy atom. The Bertz CT molecular complexity index is 573. The van der Waals surface area contributed by atoms with Crippen LogP contribution in [0.2, 0.25) is 5.02 Å². The number of aliphatic hydroxyl groups is 1. The van der Waals surface area contributed by atoms with Gasteiger partial charge in [-0.05, 0) is 31.5 Å². The first-order valence-electron chi connectivity index (χ1n) is 5.47. The van der Waals surface area contributed by atoms with Gasteiger partial charge in [0.05, 0.1) is 12.2 Å². The van der Waals surface area contributed by atoms with Gasteiger partial charge in [-0.3, -0.25) is 0 Å². The van der Waals surface area contributed by atoms with Crippen LogP contribution < -0.4 is 4.74 Å². The highest BCUT2D eigenvalue weighted by molar-refractivity contribution is 6.30. The summed E-state index contributed by atoms with van der Waals surface area (Å²) in [5.41, 5.74) is 1.49. The van der Waals surface area contributed by atoms with Crippen molar-refractivity contribution >= 4 is 11.6 Å². The second-order valence-electron chi connectivity index (χ2n) is 3.92. The van der Waals surface area contributed by atoms with E-state index in [0.717, 1.165) is 5.56 Å². The van der Waals surface area contributed by atoms with Crippen molar-refractivity contribution < 1.29 is 9.84 Å². The first-order valence-corrected chi connectivity index (χ1v) is 5.85. The smallest absolute Gasteiger partial charge is 0.228 e. The molecule has 2 aromatic rings. The van der Waals surface area contributed by atoms with E-state index in [-0.39, 0.29) is 6.61 Å². The van der Waals surface area contributed by atoms with Gasteiger partial charge in [-0.25, -0.2) is 4.98 Å². The zero-order valence-electron chi connectivity index (χ0n) is 10.1. The van der Waals surface area contributed by atoms with Crippen molar-refractivity contribution in [3.63, 3.8) is 0 Å². The highest BCUT2D eigenvalue weighted by Gasteiger charge is 2.09. The summed E-state index contributed by atoms with van der Waals surface area (Å²) in [5, 5.41) is 9.81. The van der Waals surface area contributed by atoms with Crippen molar-refractivity contribution in [3.05, 3.63) is 46.4 Å². The molecule has 0 saturated heterocycles. The van der Waals surface area contributed by atoms with Crippen molar-refractivity contribution in [3.8, 4) is 11.6 Å². The Morgan fingerprint density at radius 3 is 2.83 bits per heavy atom. The summed E-state index contributed by atoms with van der Waals surface area (Å²) in [4.78, 5) is 8.19. The normalized spacial score (nSPS) is 10.4. The summed E-state index contributed by atoms with van der Waals surface area (Å²) in [6.45, 7) is 3.51. The van der Waals surface area contributed by atoms with Gasteiger partial charge in [-0.15, -0.1) is 0 Å². The Labute approximate surface area is 110 Å². The quantitative estimate of drug-likeness (QED) is 0.926. The number of nitrogens with zero attached hydrogens (tertiary/aromatic N) is 2. The second kappa shape index (κ2) is 5.33. The van der Waals surface area contributed by atoms with Gasteiger partial charge in [-0.1, -0.05) is 17.7 Å². The molecule has 0 unspecified atom stereocenters. The fourth-order valence-corrected chi connectivity index (χ4v) is 1.62. The molecule has 18 heavy (non-hydrogen) atoms. The maximum Gasteiger partial charge on any atom is 0.228 e. The van der Waals surface area contributed by atoms with Crippen LogP contribution in [-0.2, 0) is 6.61 Å². The number of aromatic nitrogens is 2. The fraction of sp³-hybridized carbons (Fsp3) is 0.231. The lowest BCUT2D eigenvalue weighted by Gasteiger charge is -2.11. The molecule has 1 aromatic carbocycles. The Balaban J connectivity index is 2.38. The minimum absolute atomic E-state index is 0.171. The van der Waals surface area contributed by atoms with Gasteiger partial charge < -0.3 is 9.84 Å². The third-order valence-electron chi connectivity index (χ3n) is 2.47. The van der Waals surface area contributed by atoms with Crippen molar-refractivity contribution in [1.82, 2.24) is 9.97 Å². The van der Waals surface area contributed by atoms with Crippen molar-refractivity contribution in [2.75, 3.05) is 0 Å². The average Bonchev–Trinajstić information content (AvgIpc) is 2.34. The largest absolute Gasteiger partial charge is 0.438 e. The summed E-state index contributed by atoms with van der Waals surface area (Å²) in [6.07, 6.45) is 1.55. The Kier molecular flexibility index (Phi) is 3.79. The minimum atomic E-state index is -0.171. The van der Waals surface area contributed by atoms with Gasteiger partial charge in [0.25, 0.3) is 0 Å². The van der Waals surface area contributed by atoms with E-state index in [2.05, 4.69) is 9.97 Å². The molecular weight excluding hydrogens is 252 g/mol. The van der Waals surface area contributed by atoms with E-state index in [1.165, 1.54) is 0 Å². The van der Waals surface area contributed by atoms with E-state index in [4.69, 9.17) is 16.3 Å². The predicted octanol–water partition coefficient (Wildman–Crippen LogP) is 3.03. The zero-order chi connectivity index (χ0) is 13.1. The van der Waals surface area contributed by atoms with Gasteiger partial charge in [0.2, 0.25) is 5.88 Å². The van der Waals surface area contributed by atoms with E-state index >= 15 is 0 Å². The van der Waals surface area contributed by atoms with Crippen LogP contribution in [0.3, 0.4) is 0 Å². The van der Waals surface area contributed by atoms with Crippen LogP contribution in [0.1, 0.15) is 17.0 Å². The number of rotatable bonds is 3. The SMILES string of the molecule is Cc1ncc(CO)c(Oc2cc(Cl)ccc2C)n1. The van der Waals surface area contributed by atoms with Crippen LogP contribution in [0.25, 0.3) is 0 Å². The highest BCUT2D eigenvalue weighted by Crippen LogP contribution is 2.28. The molecule has 0 spiro atoms. The highest BCUT2D eigenvalue weighted by atomic mass is 35.5. The van der Waals surface area contributed by atoms with E-state index in [0.29, 0.717) is 28.0 Å². The summed E-state index contributed by atoms with van der Waals surface area (Å²) in [5.74, 6) is 1.56. The molecule has 0 bridgehead atoms. The summed E-state index contributed by atoms with van der Waals surface area (Å²) in [7, 11) is 0. The number of hydrogen-bond donors (Lipinski definition) is 1. The van der Waals surface area contributed by atoms with Crippen molar-refractivity contribution in [2.24, 2.45) is 0 Å². The van der Waals surface area contributed by atoms with Crippen LogP contribution in [0.15, 0.2) is 24.4 Å². The molecule has 5 heteroatoms. The summed E-state index contributed by atoms with van der Waals surface area (Å²) >= 11 is 5.93. The standard InChI is InChI=1S/C13H13ClN2O2/c1-8-3-4-11(14)5-12(8)18-13-10(7-17)6-15-9(2)16-13/h3-6,17H,7H2,1-2H3. The van der Waals surface area contributed by atoms with Crippen molar-refractivity contribution in [1.29, 1.82) is 0 Å². The van der Waals surface area contributed by atoms with Gasteiger partial charge >= 0.3 is 0 Å². The molecule has 0 atom stereocenters. The van der Waals surface area contributed by atoms with Gasteiger partial charge in [-0.2, -0.15) is 4.98 Å². The number of aliphatic hydroxyl groups excluding tert-OH is 1. The van der Waals surface area contributed by atoms with E-state index in [9.17, 15) is 5.11 Å². The van der Waals surface area contributed by atoms with Gasteiger partial charge in [0.1, 0.15) is 11.6 Å². The number of aryl methyl sites for hydroxylation is 2. The van der Waals surface area contributed by atoms with E-state index < -0.39 is 0 Å². The Morgan fingerprint density at radius 2 is 2.11 bits per heavy atom. The lowest BCUT2D eigenvalue weighted by molar-refractivity contribution is 0.274. The first-order chi connectivity index (χ1) is 8.60. The third-order valence-corrected chi connectivity index (χ3v) is 2.71. The van der Waals surface area contributed by atoms with Crippen molar-refractivity contribution in [2.45, 2.75) is 20.5 Å². The van der Waals surface area contributed by atoms with Crippen LogP contribution in [0, 0.1) is 13.8 Å². The molecule has 1 heterocycles. The molecule has 0 aliphatic heterocycles. The third kappa shape index (κ3) is 2.78. The lowest BCUT2D eigenvalue weighted by Crippen LogP contribution is -1.99. The molecule has 94 valence electrons. The predicted molar refractivity (Wildman–Crippen MR) is 69.0 cm³/mol. The number of benzene rings is 1. The van der Waals surface area contributed by atoms with E-state index in [1.807, 2.05) is 13.0 Å². The molecule has 0 aliphatic carbocycles. The molecular formula is C13H13ClN2O2. The average molecular weight is 265 g/mol. The molecule has 1 aromatic heterocycles. The lowest BCUT2D eigenvalue weighted by atomic mass is 10.2. The minimum Gasteiger partial charge on any atom is -0.438 e. The second-order valence-corrected chi connectivity index (χ2v) is 4.35. The zero-order valence-corrected chi connectivity index (χ0v) is 10.9. The summed E-state index contributed by atoms with van der Waals surface area (Å²) < 4.78 is 5.70. The monoisotopic (exact) mass is 264 g/mol. The molecule has 1 N–H and O–H groups in total. The molecule has 0 aliphatic rings. The maximum atomic E-state index is 9.23. The van der Waals surface area contributed by atoms with Crippen LogP contribution in [-0.4, -0.2) is 15.1 Å². The maximum absolute atomic E-state index is 9.23. The van der Waals surface area contributed by atoms with Crippen LogP contribution in [0.5, 0.6) is 11.6 Å².